The first kappa shape index (κ1) is 21.8. The minimum Gasteiger partial charge on any atom is -0.464 e. The SMILES string of the molecule is Cc1ccc(CN(C)C(=O)CSc2nnc(-c3ccncc3)n2-c2ccc(C)c(C)c2)o1. The number of hydrogen-bond acceptors (Lipinski definition) is 6. The van der Waals surface area contributed by atoms with Crippen molar-refractivity contribution in [2.75, 3.05) is 12.8 Å². The number of aromatic nitrogens is 4. The fourth-order valence-corrected chi connectivity index (χ4v) is 4.17. The van der Waals surface area contributed by atoms with Crippen molar-refractivity contribution < 1.29 is 9.21 Å². The number of nitrogens with zero attached hydrogens (tertiary/aromatic N) is 5. The van der Waals surface area contributed by atoms with Crippen molar-refractivity contribution >= 4 is 17.7 Å². The summed E-state index contributed by atoms with van der Waals surface area (Å²) in [6.45, 7) is 6.48. The maximum absolute atomic E-state index is 12.7. The molecule has 0 saturated carbocycles. The summed E-state index contributed by atoms with van der Waals surface area (Å²) < 4.78 is 7.58. The second kappa shape index (κ2) is 9.40. The zero-order chi connectivity index (χ0) is 22.7. The number of furan rings is 1. The molecular formula is C24H25N5O2S. The Morgan fingerprint density at radius 2 is 1.81 bits per heavy atom. The third kappa shape index (κ3) is 4.75. The van der Waals surface area contributed by atoms with Crippen LogP contribution < -0.4 is 0 Å². The van der Waals surface area contributed by atoms with Crippen LogP contribution in [0.15, 0.2) is 64.4 Å². The number of carbonyl (C=O) groups is 1. The minimum absolute atomic E-state index is 0.0100. The molecule has 1 amide bonds. The van der Waals surface area contributed by atoms with Crippen LogP contribution in [-0.4, -0.2) is 43.4 Å². The topological polar surface area (TPSA) is 77.1 Å². The first-order valence-corrected chi connectivity index (χ1v) is 11.3. The van der Waals surface area contributed by atoms with Crippen LogP contribution in [-0.2, 0) is 11.3 Å². The third-order valence-corrected chi connectivity index (χ3v) is 6.17. The van der Waals surface area contributed by atoms with Crippen LogP contribution in [0.25, 0.3) is 17.1 Å². The quantitative estimate of drug-likeness (QED) is 0.386. The molecule has 0 radical (unpaired) electrons. The Morgan fingerprint density at radius 3 is 2.50 bits per heavy atom. The molecule has 0 fully saturated rings. The molecule has 0 saturated heterocycles. The van der Waals surface area contributed by atoms with E-state index in [4.69, 9.17) is 4.42 Å². The first-order chi connectivity index (χ1) is 15.4. The summed E-state index contributed by atoms with van der Waals surface area (Å²) in [4.78, 5) is 18.5. The molecule has 0 atom stereocenters. The molecule has 0 bridgehead atoms. The zero-order valence-corrected chi connectivity index (χ0v) is 19.4. The molecular weight excluding hydrogens is 422 g/mol. The molecule has 0 spiro atoms. The maximum atomic E-state index is 12.7. The van der Waals surface area contributed by atoms with Crippen molar-refractivity contribution in [3.63, 3.8) is 0 Å². The van der Waals surface area contributed by atoms with Crippen LogP contribution in [0.3, 0.4) is 0 Å². The Bertz CT molecular complexity index is 1230. The highest BCUT2D eigenvalue weighted by molar-refractivity contribution is 7.99. The highest BCUT2D eigenvalue weighted by Gasteiger charge is 2.19. The molecule has 0 aliphatic rings. The summed E-state index contributed by atoms with van der Waals surface area (Å²) in [5.41, 5.74) is 4.26. The number of benzene rings is 1. The van der Waals surface area contributed by atoms with Gasteiger partial charge in [-0.05, 0) is 68.3 Å². The summed E-state index contributed by atoms with van der Waals surface area (Å²) in [5, 5.41) is 9.50. The lowest BCUT2D eigenvalue weighted by molar-refractivity contribution is -0.127. The van der Waals surface area contributed by atoms with Gasteiger partial charge in [0, 0.05) is 25.0 Å². The van der Waals surface area contributed by atoms with Crippen LogP contribution in [0.5, 0.6) is 0 Å². The van der Waals surface area contributed by atoms with Crippen molar-refractivity contribution in [2.24, 2.45) is 0 Å². The van der Waals surface area contributed by atoms with E-state index in [9.17, 15) is 4.79 Å². The number of amides is 1. The van der Waals surface area contributed by atoms with Crippen LogP contribution in [0.2, 0.25) is 0 Å². The van der Waals surface area contributed by atoms with Crippen LogP contribution >= 0.6 is 11.8 Å². The lowest BCUT2D eigenvalue weighted by Gasteiger charge is -2.16. The van der Waals surface area contributed by atoms with Gasteiger partial charge in [-0.1, -0.05) is 17.8 Å². The number of hydrogen-bond donors (Lipinski definition) is 0. The Labute approximate surface area is 191 Å². The predicted octanol–water partition coefficient (Wildman–Crippen LogP) is 4.60. The zero-order valence-electron chi connectivity index (χ0n) is 18.6. The van der Waals surface area contributed by atoms with Crippen LogP contribution in [0.4, 0.5) is 0 Å². The lowest BCUT2D eigenvalue weighted by atomic mass is 10.1. The molecule has 0 N–H and O–H groups in total. The fraction of sp³-hybridized carbons (Fsp3) is 0.250. The highest BCUT2D eigenvalue weighted by Crippen LogP contribution is 2.29. The monoisotopic (exact) mass is 447 g/mol. The van der Waals surface area contributed by atoms with E-state index in [1.54, 1.807) is 24.3 Å². The average molecular weight is 448 g/mol. The molecule has 4 aromatic rings. The van der Waals surface area contributed by atoms with Gasteiger partial charge in [0.2, 0.25) is 5.91 Å². The molecule has 164 valence electrons. The molecule has 0 aliphatic heterocycles. The smallest absolute Gasteiger partial charge is 0.233 e. The van der Waals surface area contributed by atoms with Gasteiger partial charge >= 0.3 is 0 Å². The molecule has 3 aromatic heterocycles. The van der Waals surface area contributed by atoms with E-state index in [0.29, 0.717) is 17.5 Å². The van der Waals surface area contributed by atoms with Crippen molar-refractivity contribution in [3.05, 3.63) is 77.5 Å². The second-order valence-electron chi connectivity index (χ2n) is 7.70. The van der Waals surface area contributed by atoms with E-state index in [1.165, 1.54) is 22.9 Å². The molecule has 7 nitrogen and oxygen atoms in total. The lowest BCUT2D eigenvalue weighted by Crippen LogP contribution is -2.27. The number of carbonyl (C=O) groups excluding carboxylic acids is 1. The first-order valence-electron chi connectivity index (χ1n) is 10.3. The standard InChI is InChI=1S/C24H25N5O2S/c1-16-5-7-20(13-17(16)2)29-23(19-9-11-25-12-10-19)26-27-24(29)32-15-22(30)28(4)14-21-8-6-18(3)31-21/h5-13H,14-15H2,1-4H3. The summed E-state index contributed by atoms with van der Waals surface area (Å²) >= 11 is 1.37. The molecule has 1 aromatic carbocycles. The summed E-state index contributed by atoms with van der Waals surface area (Å²) in [5.74, 6) is 2.55. The van der Waals surface area contributed by atoms with Crippen molar-refractivity contribution in [1.29, 1.82) is 0 Å². The average Bonchev–Trinajstić information content (AvgIpc) is 3.40. The largest absolute Gasteiger partial charge is 0.464 e. The summed E-state index contributed by atoms with van der Waals surface area (Å²) in [7, 11) is 1.78. The van der Waals surface area contributed by atoms with E-state index in [-0.39, 0.29) is 11.7 Å². The predicted molar refractivity (Wildman–Crippen MR) is 125 cm³/mol. The Morgan fingerprint density at radius 1 is 1.03 bits per heavy atom. The second-order valence-corrected chi connectivity index (χ2v) is 8.64. The van der Waals surface area contributed by atoms with E-state index in [2.05, 4.69) is 41.2 Å². The van der Waals surface area contributed by atoms with E-state index < -0.39 is 0 Å². The fourth-order valence-electron chi connectivity index (χ4n) is 3.28. The van der Waals surface area contributed by atoms with Crippen LogP contribution in [0.1, 0.15) is 22.6 Å². The molecule has 0 aliphatic carbocycles. The Hall–Kier alpha value is -3.39. The van der Waals surface area contributed by atoms with E-state index >= 15 is 0 Å². The normalized spacial score (nSPS) is 11.0. The van der Waals surface area contributed by atoms with Crippen LogP contribution in [0, 0.1) is 20.8 Å². The van der Waals surface area contributed by atoms with Gasteiger partial charge < -0.3 is 9.32 Å². The number of thioether (sulfide) groups is 1. The van der Waals surface area contributed by atoms with Gasteiger partial charge in [-0.3, -0.25) is 14.3 Å². The van der Waals surface area contributed by atoms with Gasteiger partial charge in [-0.15, -0.1) is 10.2 Å². The molecule has 3 heterocycles. The van der Waals surface area contributed by atoms with Gasteiger partial charge in [0.05, 0.1) is 18.0 Å². The molecule has 32 heavy (non-hydrogen) atoms. The van der Waals surface area contributed by atoms with Crippen molar-refractivity contribution in [2.45, 2.75) is 32.5 Å². The number of rotatable bonds is 7. The minimum atomic E-state index is -0.0100. The van der Waals surface area contributed by atoms with Gasteiger partial charge in [0.1, 0.15) is 11.5 Å². The highest BCUT2D eigenvalue weighted by atomic mass is 32.2. The third-order valence-electron chi connectivity index (χ3n) is 5.26. The maximum Gasteiger partial charge on any atom is 0.233 e. The van der Waals surface area contributed by atoms with Gasteiger partial charge in [0.15, 0.2) is 11.0 Å². The Kier molecular flexibility index (Phi) is 6.41. The number of pyridine rings is 1. The molecule has 0 unspecified atom stereocenters. The van der Waals surface area contributed by atoms with Gasteiger partial charge in [0.25, 0.3) is 0 Å². The van der Waals surface area contributed by atoms with Gasteiger partial charge in [-0.2, -0.15) is 0 Å². The van der Waals surface area contributed by atoms with Crippen molar-refractivity contribution in [3.8, 4) is 17.1 Å². The van der Waals surface area contributed by atoms with E-state index in [0.717, 1.165) is 22.8 Å². The van der Waals surface area contributed by atoms with Gasteiger partial charge in [-0.25, -0.2) is 0 Å². The molecule has 4 rings (SSSR count). The Balaban J connectivity index is 1.58. The van der Waals surface area contributed by atoms with E-state index in [1.807, 2.05) is 41.8 Å². The molecule has 8 heteroatoms. The van der Waals surface area contributed by atoms with Crippen molar-refractivity contribution in [1.82, 2.24) is 24.6 Å². The number of aryl methyl sites for hydroxylation is 3. The summed E-state index contributed by atoms with van der Waals surface area (Å²) in [6, 6.07) is 13.8. The summed E-state index contributed by atoms with van der Waals surface area (Å²) in [6.07, 6.45) is 3.47.